The molecule has 0 unspecified atom stereocenters. The van der Waals surface area contributed by atoms with E-state index in [1.165, 1.54) is 24.2 Å². The maximum Gasteiger partial charge on any atom is 0.259 e. The van der Waals surface area contributed by atoms with Crippen molar-refractivity contribution < 1.29 is 4.79 Å². The fraction of sp³-hybridized carbons (Fsp3) is 0.412. The molecule has 3 aromatic rings. The molecule has 3 rings (SSSR count). The lowest BCUT2D eigenvalue weighted by Crippen LogP contribution is -2.13. The zero-order valence-corrected chi connectivity index (χ0v) is 16.2. The Morgan fingerprint density at radius 3 is 2.84 bits per heavy atom. The SMILES string of the molecule is CCCCCc1nnc(NC(=O)c2cc(C)n(-c3nccs3)c2C)s1. The highest BCUT2D eigenvalue weighted by molar-refractivity contribution is 7.15. The van der Waals surface area contributed by atoms with Crippen LogP contribution >= 0.6 is 22.7 Å². The molecular weight excluding hydrogens is 354 g/mol. The van der Waals surface area contributed by atoms with E-state index >= 15 is 0 Å². The van der Waals surface area contributed by atoms with Gasteiger partial charge in [0.25, 0.3) is 5.91 Å². The number of aryl methyl sites for hydroxylation is 2. The number of anilines is 1. The van der Waals surface area contributed by atoms with Gasteiger partial charge in [-0.3, -0.25) is 14.7 Å². The zero-order valence-electron chi connectivity index (χ0n) is 14.6. The molecule has 0 fully saturated rings. The highest BCUT2D eigenvalue weighted by Gasteiger charge is 2.19. The van der Waals surface area contributed by atoms with E-state index in [1.807, 2.05) is 29.9 Å². The number of nitrogens with zero attached hydrogens (tertiary/aromatic N) is 4. The van der Waals surface area contributed by atoms with Crippen LogP contribution in [0.15, 0.2) is 17.6 Å². The van der Waals surface area contributed by atoms with E-state index in [4.69, 9.17) is 0 Å². The van der Waals surface area contributed by atoms with Gasteiger partial charge in [-0.15, -0.1) is 21.5 Å². The van der Waals surface area contributed by atoms with E-state index in [2.05, 4.69) is 27.4 Å². The van der Waals surface area contributed by atoms with E-state index in [-0.39, 0.29) is 5.91 Å². The number of aromatic nitrogens is 4. The molecule has 0 aliphatic carbocycles. The Labute approximate surface area is 155 Å². The van der Waals surface area contributed by atoms with E-state index in [1.54, 1.807) is 17.5 Å². The number of hydrogen-bond acceptors (Lipinski definition) is 6. The number of rotatable bonds is 7. The Hall–Kier alpha value is -2.06. The Morgan fingerprint density at radius 1 is 1.28 bits per heavy atom. The minimum atomic E-state index is -0.160. The summed E-state index contributed by atoms with van der Waals surface area (Å²) in [6.07, 6.45) is 6.15. The van der Waals surface area contributed by atoms with E-state index < -0.39 is 0 Å². The van der Waals surface area contributed by atoms with Gasteiger partial charge in [-0.2, -0.15) is 0 Å². The monoisotopic (exact) mass is 375 g/mol. The standard InChI is InChI=1S/C17H21N5OS2/c1-4-5-6-7-14-20-21-16(25-14)19-15(23)13-10-11(2)22(12(13)3)17-18-8-9-24-17/h8-10H,4-7H2,1-3H3,(H,19,21,23). The van der Waals surface area contributed by atoms with Crippen molar-refractivity contribution in [1.29, 1.82) is 0 Å². The van der Waals surface area contributed by atoms with Crippen LogP contribution in [0.1, 0.15) is 52.9 Å². The maximum absolute atomic E-state index is 12.6. The number of carbonyl (C=O) groups excluding carboxylic acids is 1. The van der Waals surface area contributed by atoms with Gasteiger partial charge in [-0.05, 0) is 26.3 Å². The van der Waals surface area contributed by atoms with Gasteiger partial charge in [0.15, 0.2) is 5.13 Å². The largest absolute Gasteiger partial charge is 0.296 e. The van der Waals surface area contributed by atoms with Crippen molar-refractivity contribution in [2.45, 2.75) is 46.5 Å². The summed E-state index contributed by atoms with van der Waals surface area (Å²) in [4.78, 5) is 17.0. The maximum atomic E-state index is 12.6. The molecule has 1 amide bonds. The van der Waals surface area contributed by atoms with Gasteiger partial charge in [0.1, 0.15) is 5.01 Å². The van der Waals surface area contributed by atoms with Crippen molar-refractivity contribution in [2.75, 3.05) is 5.32 Å². The topological polar surface area (TPSA) is 72.7 Å². The van der Waals surface area contributed by atoms with Crippen LogP contribution in [-0.2, 0) is 6.42 Å². The lowest BCUT2D eigenvalue weighted by atomic mass is 10.2. The first-order chi connectivity index (χ1) is 12.1. The Balaban J connectivity index is 1.73. The van der Waals surface area contributed by atoms with Crippen LogP contribution in [0.2, 0.25) is 0 Å². The fourth-order valence-corrected chi connectivity index (χ4v) is 4.24. The molecule has 25 heavy (non-hydrogen) atoms. The molecule has 0 saturated heterocycles. The summed E-state index contributed by atoms with van der Waals surface area (Å²) in [6.45, 7) is 6.08. The van der Waals surface area contributed by atoms with Gasteiger partial charge in [0, 0.05) is 29.4 Å². The quantitative estimate of drug-likeness (QED) is 0.622. The summed E-state index contributed by atoms with van der Waals surface area (Å²) < 4.78 is 2.00. The molecule has 0 spiro atoms. The smallest absolute Gasteiger partial charge is 0.259 e. The van der Waals surface area contributed by atoms with Gasteiger partial charge in [0.2, 0.25) is 5.13 Å². The summed E-state index contributed by atoms with van der Waals surface area (Å²) in [5, 5.41) is 15.4. The Morgan fingerprint density at radius 2 is 2.12 bits per heavy atom. The lowest BCUT2D eigenvalue weighted by Gasteiger charge is -2.05. The van der Waals surface area contributed by atoms with Crippen molar-refractivity contribution in [1.82, 2.24) is 19.7 Å². The zero-order chi connectivity index (χ0) is 17.8. The molecule has 0 aliphatic heterocycles. The number of amides is 1. The molecule has 132 valence electrons. The van der Waals surface area contributed by atoms with Gasteiger partial charge in [-0.1, -0.05) is 31.1 Å². The van der Waals surface area contributed by atoms with Crippen LogP contribution in [0, 0.1) is 13.8 Å². The third-order valence-electron chi connectivity index (χ3n) is 3.97. The third-order valence-corrected chi connectivity index (χ3v) is 5.62. The van der Waals surface area contributed by atoms with Crippen LogP contribution in [0.25, 0.3) is 5.13 Å². The summed E-state index contributed by atoms with van der Waals surface area (Å²) in [6, 6.07) is 1.88. The summed E-state index contributed by atoms with van der Waals surface area (Å²) >= 11 is 3.00. The lowest BCUT2D eigenvalue weighted by molar-refractivity contribution is 0.102. The Bertz CT molecular complexity index is 851. The predicted molar refractivity (Wildman–Crippen MR) is 102 cm³/mol. The van der Waals surface area contributed by atoms with E-state index in [0.717, 1.165) is 34.4 Å². The highest BCUT2D eigenvalue weighted by Crippen LogP contribution is 2.24. The Kier molecular flexibility index (Phi) is 5.60. The van der Waals surface area contributed by atoms with Crippen LogP contribution in [-0.4, -0.2) is 25.7 Å². The number of carbonyl (C=O) groups is 1. The molecule has 0 aromatic carbocycles. The molecule has 8 heteroatoms. The van der Waals surface area contributed by atoms with Gasteiger partial charge in [0.05, 0.1) is 5.56 Å². The van der Waals surface area contributed by atoms with Gasteiger partial charge >= 0.3 is 0 Å². The van der Waals surface area contributed by atoms with Crippen LogP contribution < -0.4 is 5.32 Å². The molecule has 3 aromatic heterocycles. The van der Waals surface area contributed by atoms with Crippen molar-refractivity contribution in [3.05, 3.63) is 39.6 Å². The number of unbranched alkanes of at least 4 members (excludes halogenated alkanes) is 2. The van der Waals surface area contributed by atoms with E-state index in [0.29, 0.717) is 10.7 Å². The molecule has 1 N–H and O–H groups in total. The summed E-state index contributed by atoms with van der Waals surface area (Å²) in [5.41, 5.74) is 2.49. The predicted octanol–water partition coefficient (Wildman–Crippen LogP) is 4.39. The van der Waals surface area contributed by atoms with Gasteiger partial charge in [-0.25, -0.2) is 4.98 Å². The van der Waals surface area contributed by atoms with Crippen LogP contribution in [0.3, 0.4) is 0 Å². The molecule has 0 atom stereocenters. The first kappa shape index (κ1) is 17.8. The summed E-state index contributed by atoms with van der Waals surface area (Å²) in [7, 11) is 0. The second-order valence-corrected chi connectivity index (χ2v) is 7.78. The minimum absolute atomic E-state index is 0.160. The van der Waals surface area contributed by atoms with Gasteiger partial charge < -0.3 is 0 Å². The highest BCUT2D eigenvalue weighted by atomic mass is 32.1. The first-order valence-electron chi connectivity index (χ1n) is 8.32. The second kappa shape index (κ2) is 7.88. The number of nitrogens with one attached hydrogen (secondary N) is 1. The minimum Gasteiger partial charge on any atom is -0.296 e. The fourth-order valence-electron chi connectivity index (χ4n) is 2.71. The van der Waals surface area contributed by atoms with Crippen molar-refractivity contribution in [3.8, 4) is 5.13 Å². The molecule has 3 heterocycles. The summed E-state index contributed by atoms with van der Waals surface area (Å²) in [5.74, 6) is -0.160. The molecular formula is C17H21N5OS2. The van der Waals surface area contributed by atoms with E-state index in [9.17, 15) is 4.79 Å². The van der Waals surface area contributed by atoms with Crippen molar-refractivity contribution in [3.63, 3.8) is 0 Å². The third kappa shape index (κ3) is 3.96. The first-order valence-corrected chi connectivity index (χ1v) is 10.0. The van der Waals surface area contributed by atoms with Crippen molar-refractivity contribution >= 4 is 33.7 Å². The average molecular weight is 376 g/mol. The average Bonchev–Trinajstić information content (AvgIpc) is 3.29. The van der Waals surface area contributed by atoms with Crippen LogP contribution in [0.4, 0.5) is 5.13 Å². The number of hydrogen-bond donors (Lipinski definition) is 1. The molecule has 0 radical (unpaired) electrons. The molecule has 0 saturated carbocycles. The van der Waals surface area contributed by atoms with Crippen molar-refractivity contribution in [2.24, 2.45) is 0 Å². The normalized spacial score (nSPS) is 11.0. The van der Waals surface area contributed by atoms with Crippen LogP contribution in [0.5, 0.6) is 0 Å². The molecule has 6 nitrogen and oxygen atoms in total. The number of thiazole rings is 1. The molecule has 0 aliphatic rings. The second-order valence-electron chi connectivity index (χ2n) is 5.85. The molecule has 0 bridgehead atoms.